The van der Waals surface area contributed by atoms with Gasteiger partial charge in [0.15, 0.2) is 0 Å². The van der Waals surface area contributed by atoms with Gasteiger partial charge in [0.25, 0.3) is 10.1 Å². The van der Waals surface area contributed by atoms with Crippen LogP contribution in [0.15, 0.2) is 47.4 Å². The van der Waals surface area contributed by atoms with Gasteiger partial charge in [-0.15, -0.1) is 0 Å². The smallest absolute Gasteiger partial charge is 0.870 e. The summed E-state index contributed by atoms with van der Waals surface area (Å²) in [5.74, 6) is 0.154. The Hall–Kier alpha value is -0.414. The molecule has 0 spiro atoms. The molecule has 0 amide bonds. The summed E-state index contributed by atoms with van der Waals surface area (Å²) >= 11 is 0. The van der Waals surface area contributed by atoms with E-state index in [2.05, 4.69) is 6.92 Å². The van der Waals surface area contributed by atoms with E-state index in [4.69, 9.17) is 9.29 Å². The molecule has 2 aromatic carbocycles. The van der Waals surface area contributed by atoms with Crippen LogP contribution < -0.4 is 61.2 Å². The second-order valence-electron chi connectivity index (χ2n) is 5.96. The van der Waals surface area contributed by atoms with Crippen LogP contribution in [-0.2, 0) is 16.5 Å². The van der Waals surface area contributed by atoms with Gasteiger partial charge in [0.1, 0.15) is 11.5 Å². The normalized spacial score (nSPS) is 11.0. The standard InChI is InChI=1S/C19H24O5S.K/c1-2-3-4-5-6-9-15-10-7-13-18(19(15)20)24-16-11-8-12-17(14-16)25(21,22)23;/h7-8,10-14,20H,2-6,9H2,1H3,(H,21,22,23);/q;+1/p-1. The monoisotopic (exact) mass is 402 g/mol. The predicted octanol–water partition coefficient (Wildman–Crippen LogP) is 1.32. The zero-order valence-corrected chi connectivity index (χ0v) is 19.2. The predicted molar refractivity (Wildman–Crippen MR) is 94.7 cm³/mol. The Morgan fingerprint density at radius 1 is 1.04 bits per heavy atom. The molecule has 0 radical (unpaired) electrons. The van der Waals surface area contributed by atoms with E-state index >= 15 is 0 Å². The van der Waals surface area contributed by atoms with Gasteiger partial charge < -0.3 is 9.84 Å². The number of aryl methyl sites for hydroxylation is 1. The minimum atomic E-state index is -4.31. The second-order valence-corrected chi connectivity index (χ2v) is 7.38. The van der Waals surface area contributed by atoms with Crippen LogP contribution in [0.4, 0.5) is 0 Å². The first kappa shape index (κ1) is 23.6. The third-order valence-electron chi connectivity index (χ3n) is 3.94. The number of hydrogen-bond donors (Lipinski definition) is 1. The van der Waals surface area contributed by atoms with Crippen LogP contribution in [0.5, 0.6) is 17.2 Å². The van der Waals surface area contributed by atoms with Crippen molar-refractivity contribution in [2.24, 2.45) is 0 Å². The summed E-state index contributed by atoms with van der Waals surface area (Å²) in [5.41, 5.74) is 0.694. The number of para-hydroxylation sites is 1. The summed E-state index contributed by atoms with van der Waals surface area (Å²) in [4.78, 5) is -0.274. The molecule has 136 valence electrons. The summed E-state index contributed by atoms with van der Waals surface area (Å²) < 4.78 is 37.0. The van der Waals surface area contributed by atoms with E-state index in [1.807, 2.05) is 0 Å². The molecule has 7 heteroatoms. The van der Waals surface area contributed by atoms with Crippen LogP contribution in [0.25, 0.3) is 0 Å². The third kappa shape index (κ3) is 7.30. The molecule has 0 unspecified atom stereocenters. The number of unbranched alkanes of at least 4 members (excludes halogenated alkanes) is 4. The van der Waals surface area contributed by atoms with E-state index in [0.717, 1.165) is 12.8 Å². The van der Waals surface area contributed by atoms with Gasteiger partial charge in [0, 0.05) is 6.07 Å². The van der Waals surface area contributed by atoms with Crippen molar-refractivity contribution in [1.29, 1.82) is 0 Å². The first-order valence-electron chi connectivity index (χ1n) is 8.46. The van der Waals surface area contributed by atoms with Crippen LogP contribution in [0, 0.1) is 0 Å². The molecule has 0 aromatic heterocycles. The van der Waals surface area contributed by atoms with Crippen LogP contribution in [0.1, 0.15) is 44.6 Å². The molecule has 0 aliphatic carbocycles. The SMILES string of the molecule is CCCCCCCc1cccc(Oc2cccc(S(=O)(=O)O)c2)c1[O-].[K+]. The second kappa shape index (κ2) is 11.4. The summed E-state index contributed by atoms with van der Waals surface area (Å²) in [6.45, 7) is 2.16. The van der Waals surface area contributed by atoms with Crippen molar-refractivity contribution < 1.29 is 74.2 Å². The summed E-state index contributed by atoms with van der Waals surface area (Å²) in [6.07, 6.45) is 6.30. The number of benzene rings is 2. The van der Waals surface area contributed by atoms with E-state index in [9.17, 15) is 13.5 Å². The van der Waals surface area contributed by atoms with Gasteiger partial charge in [-0.2, -0.15) is 8.42 Å². The van der Waals surface area contributed by atoms with Crippen LogP contribution in [-0.4, -0.2) is 13.0 Å². The van der Waals surface area contributed by atoms with Gasteiger partial charge in [-0.1, -0.05) is 62.1 Å². The van der Waals surface area contributed by atoms with Gasteiger partial charge in [0.2, 0.25) is 0 Å². The van der Waals surface area contributed by atoms with E-state index in [-0.39, 0.29) is 73.5 Å². The van der Waals surface area contributed by atoms with Crippen LogP contribution in [0.3, 0.4) is 0 Å². The summed E-state index contributed by atoms with van der Waals surface area (Å²) in [7, 11) is -4.31. The maximum atomic E-state index is 12.5. The van der Waals surface area contributed by atoms with E-state index in [1.54, 1.807) is 18.2 Å². The van der Waals surface area contributed by atoms with E-state index in [0.29, 0.717) is 12.0 Å². The number of rotatable bonds is 9. The first-order valence-corrected chi connectivity index (χ1v) is 9.90. The van der Waals surface area contributed by atoms with Gasteiger partial charge in [-0.3, -0.25) is 4.55 Å². The molecular formula is C19H23KO5S. The number of hydrogen-bond acceptors (Lipinski definition) is 4. The summed E-state index contributed by atoms with van der Waals surface area (Å²) in [5, 5.41) is 12.5. The third-order valence-corrected chi connectivity index (χ3v) is 4.79. The molecule has 0 fully saturated rings. The van der Waals surface area contributed by atoms with Crippen molar-refractivity contribution in [2.75, 3.05) is 0 Å². The van der Waals surface area contributed by atoms with E-state index in [1.165, 1.54) is 43.5 Å². The number of ether oxygens (including phenoxy) is 1. The van der Waals surface area contributed by atoms with Gasteiger partial charge >= 0.3 is 51.4 Å². The molecule has 0 saturated carbocycles. The van der Waals surface area contributed by atoms with Crippen molar-refractivity contribution in [3.05, 3.63) is 48.0 Å². The largest absolute Gasteiger partial charge is 1.00 e. The molecule has 26 heavy (non-hydrogen) atoms. The quantitative estimate of drug-likeness (QED) is 0.388. The average Bonchev–Trinajstić information content (AvgIpc) is 2.57. The van der Waals surface area contributed by atoms with Crippen LogP contribution >= 0.6 is 0 Å². The zero-order chi connectivity index (χ0) is 18.3. The minimum absolute atomic E-state index is 0. The Morgan fingerprint density at radius 2 is 1.73 bits per heavy atom. The molecule has 0 saturated heterocycles. The van der Waals surface area contributed by atoms with Gasteiger partial charge in [-0.25, -0.2) is 0 Å². The summed E-state index contributed by atoms with van der Waals surface area (Å²) in [6, 6.07) is 10.5. The van der Waals surface area contributed by atoms with Crippen molar-refractivity contribution in [3.63, 3.8) is 0 Å². The van der Waals surface area contributed by atoms with Crippen LogP contribution in [0.2, 0.25) is 0 Å². The van der Waals surface area contributed by atoms with Gasteiger partial charge in [-0.05, 0) is 31.0 Å². The molecule has 0 atom stereocenters. The fraction of sp³-hybridized carbons (Fsp3) is 0.368. The maximum absolute atomic E-state index is 12.5. The molecule has 0 aliphatic heterocycles. The van der Waals surface area contributed by atoms with Crippen molar-refractivity contribution in [1.82, 2.24) is 0 Å². The molecule has 0 aliphatic rings. The maximum Gasteiger partial charge on any atom is 1.00 e. The zero-order valence-electron chi connectivity index (χ0n) is 15.3. The fourth-order valence-electron chi connectivity index (χ4n) is 2.58. The fourth-order valence-corrected chi connectivity index (χ4v) is 3.10. The van der Waals surface area contributed by atoms with Crippen molar-refractivity contribution in [2.45, 2.75) is 50.3 Å². The van der Waals surface area contributed by atoms with Gasteiger partial charge in [0.05, 0.1) is 4.90 Å². The molecule has 2 aromatic rings. The molecule has 1 N–H and O–H groups in total. The van der Waals surface area contributed by atoms with Crippen molar-refractivity contribution >= 4 is 10.1 Å². The Balaban J connectivity index is 0.00000338. The minimum Gasteiger partial charge on any atom is -0.870 e. The Labute approximate surface area is 198 Å². The molecule has 0 bridgehead atoms. The van der Waals surface area contributed by atoms with Crippen molar-refractivity contribution in [3.8, 4) is 17.2 Å². The molecule has 2 rings (SSSR count). The Kier molecular flexibility index (Phi) is 10.4. The molecule has 5 nitrogen and oxygen atoms in total. The average molecular weight is 403 g/mol. The topological polar surface area (TPSA) is 86.7 Å². The Bertz CT molecular complexity index is 805. The molecule has 0 heterocycles. The molecular weight excluding hydrogens is 379 g/mol. The first-order chi connectivity index (χ1) is 11.9. The van der Waals surface area contributed by atoms with E-state index < -0.39 is 10.1 Å². The Morgan fingerprint density at radius 3 is 2.42 bits per heavy atom.